The molecule has 0 aliphatic carbocycles. The van der Waals surface area contributed by atoms with Gasteiger partial charge in [0.1, 0.15) is 0 Å². The zero-order valence-electron chi connectivity index (χ0n) is 12.0. The summed E-state index contributed by atoms with van der Waals surface area (Å²) in [5, 5.41) is 3.66. The van der Waals surface area contributed by atoms with E-state index in [1.807, 2.05) is 0 Å². The number of nitrogens with one attached hydrogen (secondary N) is 1. The van der Waals surface area contributed by atoms with Crippen LogP contribution in [0, 0.1) is 13.8 Å². The van der Waals surface area contributed by atoms with Gasteiger partial charge in [-0.2, -0.15) is 0 Å². The molecule has 0 aromatic carbocycles. The van der Waals surface area contributed by atoms with Crippen molar-refractivity contribution >= 4 is 5.95 Å². The molecule has 2 aliphatic heterocycles. The first-order valence-corrected chi connectivity index (χ1v) is 7.56. The topological polar surface area (TPSA) is 41.1 Å². The lowest BCUT2D eigenvalue weighted by Crippen LogP contribution is -2.51. The summed E-state index contributed by atoms with van der Waals surface area (Å²) in [7, 11) is 0. The maximum absolute atomic E-state index is 4.67. The van der Waals surface area contributed by atoms with Crippen molar-refractivity contribution in [3.8, 4) is 0 Å². The zero-order valence-corrected chi connectivity index (χ0v) is 12.0. The fourth-order valence-electron chi connectivity index (χ4n) is 3.50. The van der Waals surface area contributed by atoms with Crippen LogP contribution < -0.4 is 10.2 Å². The summed E-state index contributed by atoms with van der Waals surface area (Å²) >= 11 is 0. The van der Waals surface area contributed by atoms with Crippen molar-refractivity contribution in [2.75, 3.05) is 18.0 Å². The average Bonchev–Trinajstić information content (AvgIpc) is 2.91. The molecule has 4 nitrogen and oxygen atoms in total. The Morgan fingerprint density at radius 1 is 1.11 bits per heavy atom. The van der Waals surface area contributed by atoms with Crippen LogP contribution in [0.3, 0.4) is 0 Å². The lowest BCUT2D eigenvalue weighted by atomic mass is 9.95. The average molecular weight is 260 g/mol. The molecule has 0 amide bonds. The van der Waals surface area contributed by atoms with Crippen LogP contribution >= 0.6 is 0 Å². The molecule has 2 aliphatic rings. The first-order valence-electron chi connectivity index (χ1n) is 7.56. The molecule has 0 saturated carbocycles. The van der Waals surface area contributed by atoms with E-state index in [4.69, 9.17) is 0 Å². The summed E-state index contributed by atoms with van der Waals surface area (Å²) in [6, 6.07) is 3.26. The number of anilines is 1. The molecule has 3 heterocycles. The van der Waals surface area contributed by atoms with Crippen molar-refractivity contribution in [2.45, 2.75) is 58.0 Å². The molecule has 4 heteroatoms. The van der Waals surface area contributed by atoms with Crippen molar-refractivity contribution in [1.29, 1.82) is 0 Å². The summed E-state index contributed by atoms with van der Waals surface area (Å²) < 4.78 is 0. The van der Waals surface area contributed by atoms with E-state index >= 15 is 0 Å². The van der Waals surface area contributed by atoms with Crippen LogP contribution in [0.25, 0.3) is 0 Å². The monoisotopic (exact) mass is 260 g/mol. The van der Waals surface area contributed by atoms with E-state index in [-0.39, 0.29) is 0 Å². The summed E-state index contributed by atoms with van der Waals surface area (Å²) in [6.07, 6.45) is 6.48. The van der Waals surface area contributed by atoms with Gasteiger partial charge < -0.3 is 10.2 Å². The Morgan fingerprint density at radius 2 is 1.89 bits per heavy atom. The molecular weight excluding hydrogens is 236 g/mol. The molecule has 2 fully saturated rings. The Morgan fingerprint density at radius 3 is 2.58 bits per heavy atom. The van der Waals surface area contributed by atoms with Gasteiger partial charge in [0.05, 0.1) is 0 Å². The van der Waals surface area contributed by atoms with Gasteiger partial charge in [-0.05, 0) is 58.6 Å². The Hall–Kier alpha value is -1.16. The number of hydrogen-bond donors (Lipinski definition) is 1. The molecule has 2 atom stereocenters. The highest BCUT2D eigenvalue weighted by atomic mass is 15.3. The van der Waals surface area contributed by atoms with Crippen molar-refractivity contribution < 1.29 is 0 Å². The summed E-state index contributed by atoms with van der Waals surface area (Å²) in [6.45, 7) is 6.39. The third kappa shape index (κ3) is 2.73. The van der Waals surface area contributed by atoms with E-state index in [1.54, 1.807) is 0 Å². The fourth-order valence-corrected chi connectivity index (χ4v) is 3.50. The van der Waals surface area contributed by atoms with Gasteiger partial charge in [-0.3, -0.25) is 0 Å². The van der Waals surface area contributed by atoms with Crippen LogP contribution in [0.4, 0.5) is 5.95 Å². The standard InChI is InChI=1S/C15H24N4/c1-11-10-12(2)18-15(17-11)19-9-4-3-7-14(19)13-6-5-8-16-13/h10,13-14,16H,3-9H2,1-2H3. The molecule has 1 N–H and O–H groups in total. The van der Waals surface area contributed by atoms with E-state index in [1.165, 1.54) is 38.6 Å². The maximum atomic E-state index is 4.67. The molecule has 1 aromatic heterocycles. The summed E-state index contributed by atoms with van der Waals surface area (Å²) in [5.74, 6) is 0.941. The molecule has 2 unspecified atom stereocenters. The highest BCUT2D eigenvalue weighted by molar-refractivity contribution is 5.35. The highest BCUT2D eigenvalue weighted by Crippen LogP contribution is 2.27. The SMILES string of the molecule is Cc1cc(C)nc(N2CCCCC2C2CCCN2)n1. The number of nitrogens with zero attached hydrogens (tertiary/aromatic N) is 3. The smallest absolute Gasteiger partial charge is 0.226 e. The number of aromatic nitrogens is 2. The molecule has 0 spiro atoms. The van der Waals surface area contributed by atoms with Crippen LogP contribution in [0.1, 0.15) is 43.5 Å². The van der Waals surface area contributed by atoms with Crippen LogP contribution in [0.5, 0.6) is 0 Å². The minimum atomic E-state index is 0.581. The third-order valence-corrected chi connectivity index (χ3v) is 4.34. The van der Waals surface area contributed by atoms with Gasteiger partial charge in [0.2, 0.25) is 5.95 Å². The van der Waals surface area contributed by atoms with Gasteiger partial charge in [0.25, 0.3) is 0 Å². The van der Waals surface area contributed by atoms with Crippen LogP contribution in [0.15, 0.2) is 6.07 Å². The lowest BCUT2D eigenvalue weighted by molar-refractivity contribution is 0.373. The third-order valence-electron chi connectivity index (χ3n) is 4.34. The van der Waals surface area contributed by atoms with E-state index in [0.29, 0.717) is 12.1 Å². The number of rotatable bonds is 2. The fraction of sp³-hybridized carbons (Fsp3) is 0.733. The molecule has 104 valence electrons. The Kier molecular flexibility index (Phi) is 3.69. The first-order chi connectivity index (χ1) is 9.24. The van der Waals surface area contributed by atoms with Crippen molar-refractivity contribution in [3.05, 3.63) is 17.5 Å². The number of aryl methyl sites for hydroxylation is 2. The van der Waals surface area contributed by atoms with Crippen molar-refractivity contribution in [1.82, 2.24) is 15.3 Å². The molecular formula is C15H24N4. The molecule has 1 aromatic rings. The van der Waals surface area contributed by atoms with Gasteiger partial charge in [-0.1, -0.05) is 0 Å². The van der Waals surface area contributed by atoms with E-state index < -0.39 is 0 Å². The van der Waals surface area contributed by atoms with Gasteiger partial charge in [-0.25, -0.2) is 9.97 Å². The Bertz CT molecular complexity index is 420. The van der Waals surface area contributed by atoms with E-state index in [2.05, 4.69) is 40.1 Å². The zero-order chi connectivity index (χ0) is 13.2. The molecule has 19 heavy (non-hydrogen) atoms. The molecule has 2 saturated heterocycles. The summed E-state index contributed by atoms with van der Waals surface area (Å²) in [5.41, 5.74) is 2.15. The first kappa shape index (κ1) is 12.9. The maximum Gasteiger partial charge on any atom is 0.226 e. The highest BCUT2D eigenvalue weighted by Gasteiger charge is 2.32. The second-order valence-corrected chi connectivity index (χ2v) is 5.91. The van der Waals surface area contributed by atoms with Crippen LogP contribution in [-0.4, -0.2) is 35.1 Å². The largest absolute Gasteiger partial charge is 0.336 e. The van der Waals surface area contributed by atoms with Crippen molar-refractivity contribution in [2.24, 2.45) is 0 Å². The van der Waals surface area contributed by atoms with Crippen LogP contribution in [-0.2, 0) is 0 Å². The predicted octanol–water partition coefficient (Wildman–Crippen LogP) is 2.20. The van der Waals surface area contributed by atoms with E-state index in [0.717, 1.165) is 23.9 Å². The lowest BCUT2D eigenvalue weighted by Gasteiger charge is -2.39. The molecule has 3 rings (SSSR count). The van der Waals surface area contributed by atoms with Crippen molar-refractivity contribution in [3.63, 3.8) is 0 Å². The van der Waals surface area contributed by atoms with Crippen LogP contribution in [0.2, 0.25) is 0 Å². The second-order valence-electron chi connectivity index (χ2n) is 5.91. The number of hydrogen-bond acceptors (Lipinski definition) is 4. The quantitative estimate of drug-likeness (QED) is 0.885. The van der Waals surface area contributed by atoms with Gasteiger partial charge in [0.15, 0.2) is 0 Å². The minimum absolute atomic E-state index is 0.581. The molecule has 0 bridgehead atoms. The number of piperidine rings is 1. The molecule has 0 radical (unpaired) electrons. The van der Waals surface area contributed by atoms with Gasteiger partial charge >= 0.3 is 0 Å². The Balaban J connectivity index is 1.86. The van der Waals surface area contributed by atoms with E-state index in [9.17, 15) is 0 Å². The minimum Gasteiger partial charge on any atom is -0.336 e. The second kappa shape index (κ2) is 5.45. The normalized spacial score (nSPS) is 27.8. The van der Waals surface area contributed by atoms with Gasteiger partial charge in [-0.15, -0.1) is 0 Å². The Labute approximate surface area is 115 Å². The van der Waals surface area contributed by atoms with Gasteiger partial charge in [0, 0.05) is 30.0 Å². The summed E-state index contributed by atoms with van der Waals surface area (Å²) in [4.78, 5) is 11.8. The predicted molar refractivity (Wildman–Crippen MR) is 77.5 cm³/mol.